The maximum Gasteiger partial charge on any atom is 0.120 e. The number of ether oxygens (including phenoxy) is 1. The van der Waals surface area contributed by atoms with Gasteiger partial charge in [-0.3, -0.25) is 0 Å². The Morgan fingerprint density at radius 3 is 2.83 bits per heavy atom. The lowest BCUT2D eigenvalue weighted by Crippen LogP contribution is -2.05. The second-order valence-electron chi connectivity index (χ2n) is 2.33. The molecule has 0 aliphatic rings. The zero-order chi connectivity index (χ0) is 8.97. The molecule has 2 N–H and O–H groups in total. The molecule has 0 saturated carbocycles. The molecule has 0 heterocycles. The third-order valence-corrected chi connectivity index (χ3v) is 1.67. The molecule has 0 saturated heterocycles. The molecular formula is C8H10ClNO2. The average Bonchev–Trinajstić information content (AvgIpc) is 2.04. The van der Waals surface area contributed by atoms with Crippen LogP contribution in [0.25, 0.3) is 0 Å². The Kier molecular flexibility index (Phi) is 3.34. The van der Waals surface area contributed by atoms with Crippen LogP contribution in [0.3, 0.4) is 0 Å². The zero-order valence-corrected chi connectivity index (χ0v) is 7.43. The van der Waals surface area contributed by atoms with Crippen LogP contribution in [0, 0.1) is 0 Å². The lowest BCUT2D eigenvalue weighted by molar-refractivity contribution is 0.161. The highest BCUT2D eigenvalue weighted by molar-refractivity contribution is 6.30. The fraction of sp³-hybridized carbons (Fsp3) is 0.250. The van der Waals surface area contributed by atoms with E-state index in [4.69, 9.17) is 21.5 Å². The van der Waals surface area contributed by atoms with E-state index in [9.17, 15) is 0 Å². The van der Waals surface area contributed by atoms with E-state index in [1.807, 2.05) is 5.48 Å². The molecule has 4 heteroatoms. The summed E-state index contributed by atoms with van der Waals surface area (Å²) in [5.41, 5.74) is 2.93. The van der Waals surface area contributed by atoms with Crippen molar-refractivity contribution in [2.24, 2.45) is 0 Å². The van der Waals surface area contributed by atoms with Gasteiger partial charge < -0.3 is 9.94 Å². The second kappa shape index (κ2) is 4.30. The lowest BCUT2D eigenvalue weighted by atomic mass is 10.2. The standard InChI is InChI=1S/C8H10ClNO2/c1-12-8-3-6(5-10-11)2-7(9)4-8/h2-4,10-11H,5H2,1H3. The predicted molar refractivity (Wildman–Crippen MR) is 46.6 cm³/mol. The molecule has 0 spiro atoms. The van der Waals surface area contributed by atoms with Crippen LogP contribution in [0.15, 0.2) is 18.2 Å². The summed E-state index contributed by atoms with van der Waals surface area (Å²) in [6, 6.07) is 5.27. The highest BCUT2D eigenvalue weighted by Gasteiger charge is 1.98. The van der Waals surface area contributed by atoms with E-state index < -0.39 is 0 Å². The fourth-order valence-corrected chi connectivity index (χ4v) is 1.18. The van der Waals surface area contributed by atoms with Crippen LogP contribution in [0.5, 0.6) is 5.75 Å². The first-order valence-electron chi connectivity index (χ1n) is 3.46. The molecule has 0 amide bonds. The van der Waals surface area contributed by atoms with Crippen LogP contribution in [0.1, 0.15) is 5.56 Å². The van der Waals surface area contributed by atoms with E-state index in [1.165, 1.54) is 0 Å². The van der Waals surface area contributed by atoms with Gasteiger partial charge in [-0.1, -0.05) is 11.6 Å². The van der Waals surface area contributed by atoms with Crippen LogP contribution in [-0.4, -0.2) is 12.3 Å². The Balaban J connectivity index is 2.90. The van der Waals surface area contributed by atoms with Crippen molar-refractivity contribution in [2.75, 3.05) is 7.11 Å². The number of hydrogen-bond donors (Lipinski definition) is 2. The smallest absolute Gasteiger partial charge is 0.120 e. The monoisotopic (exact) mass is 187 g/mol. The molecule has 0 bridgehead atoms. The summed E-state index contributed by atoms with van der Waals surface area (Å²) in [5, 5.41) is 9.04. The number of benzene rings is 1. The van der Waals surface area contributed by atoms with E-state index >= 15 is 0 Å². The van der Waals surface area contributed by atoms with Gasteiger partial charge in [-0.2, -0.15) is 0 Å². The third kappa shape index (κ3) is 2.37. The highest BCUT2D eigenvalue weighted by Crippen LogP contribution is 2.20. The van der Waals surface area contributed by atoms with Crippen LogP contribution in [0.4, 0.5) is 0 Å². The van der Waals surface area contributed by atoms with E-state index in [0.717, 1.165) is 5.56 Å². The Bertz CT molecular complexity index is 265. The minimum Gasteiger partial charge on any atom is -0.497 e. The van der Waals surface area contributed by atoms with Crippen molar-refractivity contribution < 1.29 is 9.94 Å². The maximum atomic E-state index is 8.44. The Morgan fingerprint density at radius 1 is 1.50 bits per heavy atom. The maximum absolute atomic E-state index is 8.44. The number of hydrogen-bond acceptors (Lipinski definition) is 3. The summed E-state index contributed by atoms with van der Waals surface area (Å²) >= 11 is 5.78. The number of rotatable bonds is 3. The van der Waals surface area contributed by atoms with Crippen molar-refractivity contribution in [1.29, 1.82) is 0 Å². The van der Waals surface area contributed by atoms with Gasteiger partial charge in [0.2, 0.25) is 0 Å². The fourth-order valence-electron chi connectivity index (χ4n) is 0.932. The van der Waals surface area contributed by atoms with Crippen molar-refractivity contribution in [2.45, 2.75) is 6.54 Å². The zero-order valence-electron chi connectivity index (χ0n) is 6.67. The molecule has 1 aromatic rings. The molecule has 3 nitrogen and oxygen atoms in total. The molecule has 66 valence electrons. The van der Waals surface area contributed by atoms with E-state index in [-0.39, 0.29) is 0 Å². The van der Waals surface area contributed by atoms with Crippen LogP contribution in [-0.2, 0) is 6.54 Å². The third-order valence-electron chi connectivity index (χ3n) is 1.45. The topological polar surface area (TPSA) is 41.5 Å². The highest BCUT2D eigenvalue weighted by atomic mass is 35.5. The first-order valence-corrected chi connectivity index (χ1v) is 3.84. The molecule has 1 rings (SSSR count). The number of methoxy groups -OCH3 is 1. The molecule has 0 aliphatic carbocycles. The summed E-state index contributed by atoms with van der Waals surface area (Å²) < 4.78 is 4.99. The van der Waals surface area contributed by atoms with Crippen LogP contribution < -0.4 is 10.2 Å². The summed E-state index contributed by atoms with van der Waals surface area (Å²) in [7, 11) is 1.57. The van der Waals surface area contributed by atoms with E-state index in [2.05, 4.69) is 0 Å². The molecular weight excluding hydrogens is 178 g/mol. The first kappa shape index (κ1) is 9.32. The van der Waals surface area contributed by atoms with Crippen LogP contribution >= 0.6 is 11.6 Å². The SMILES string of the molecule is COc1cc(Cl)cc(CNO)c1. The molecule has 1 aromatic carbocycles. The normalized spacial score (nSPS) is 9.92. The van der Waals surface area contributed by atoms with Crippen LogP contribution in [0.2, 0.25) is 5.02 Å². The largest absolute Gasteiger partial charge is 0.497 e. The van der Waals surface area contributed by atoms with Gasteiger partial charge >= 0.3 is 0 Å². The molecule has 0 fully saturated rings. The van der Waals surface area contributed by atoms with Crippen molar-refractivity contribution in [3.63, 3.8) is 0 Å². The number of hydroxylamine groups is 1. The summed E-state index contributed by atoms with van der Waals surface area (Å²) in [6.07, 6.45) is 0. The van der Waals surface area contributed by atoms with Gasteiger partial charge in [0.05, 0.1) is 7.11 Å². The Labute approximate surface area is 75.9 Å². The van der Waals surface area contributed by atoms with Crippen molar-refractivity contribution in [3.05, 3.63) is 28.8 Å². The van der Waals surface area contributed by atoms with Crippen molar-refractivity contribution >= 4 is 11.6 Å². The predicted octanol–water partition coefficient (Wildman–Crippen LogP) is 1.83. The van der Waals surface area contributed by atoms with Gasteiger partial charge in [0.25, 0.3) is 0 Å². The molecule has 0 unspecified atom stereocenters. The van der Waals surface area contributed by atoms with Gasteiger partial charge in [0.15, 0.2) is 0 Å². The minimum absolute atomic E-state index is 0.358. The first-order chi connectivity index (χ1) is 5.76. The Morgan fingerprint density at radius 2 is 2.25 bits per heavy atom. The molecule has 0 atom stereocenters. The van der Waals surface area contributed by atoms with Gasteiger partial charge in [-0.05, 0) is 23.8 Å². The second-order valence-corrected chi connectivity index (χ2v) is 2.77. The van der Waals surface area contributed by atoms with Gasteiger partial charge in [-0.15, -0.1) is 0 Å². The molecule has 12 heavy (non-hydrogen) atoms. The quantitative estimate of drug-likeness (QED) is 0.710. The van der Waals surface area contributed by atoms with Gasteiger partial charge in [0, 0.05) is 11.6 Å². The summed E-state index contributed by atoms with van der Waals surface area (Å²) in [6.45, 7) is 0.358. The number of halogens is 1. The Hall–Kier alpha value is -0.770. The van der Waals surface area contributed by atoms with Gasteiger partial charge in [0.1, 0.15) is 5.75 Å². The lowest BCUT2D eigenvalue weighted by Gasteiger charge is -2.04. The number of nitrogens with one attached hydrogen (secondary N) is 1. The molecule has 0 aliphatic heterocycles. The average molecular weight is 188 g/mol. The van der Waals surface area contributed by atoms with Crippen molar-refractivity contribution in [3.8, 4) is 5.75 Å². The van der Waals surface area contributed by atoms with E-state index in [0.29, 0.717) is 17.3 Å². The molecule has 0 aromatic heterocycles. The summed E-state index contributed by atoms with van der Waals surface area (Å²) in [4.78, 5) is 0. The van der Waals surface area contributed by atoms with Crippen molar-refractivity contribution in [1.82, 2.24) is 5.48 Å². The van der Waals surface area contributed by atoms with E-state index in [1.54, 1.807) is 25.3 Å². The molecule has 0 radical (unpaired) electrons. The van der Waals surface area contributed by atoms with Gasteiger partial charge in [-0.25, -0.2) is 5.48 Å². The minimum atomic E-state index is 0.358. The summed E-state index contributed by atoms with van der Waals surface area (Å²) in [5.74, 6) is 0.688.